The van der Waals surface area contributed by atoms with E-state index in [1.807, 2.05) is 30.3 Å². The second kappa shape index (κ2) is 9.67. The van der Waals surface area contributed by atoms with Crippen LogP contribution in [0.3, 0.4) is 0 Å². The first kappa shape index (κ1) is 13.3. The summed E-state index contributed by atoms with van der Waals surface area (Å²) in [5.41, 5.74) is 1.07. The summed E-state index contributed by atoms with van der Waals surface area (Å²) in [5, 5.41) is 0. The molecule has 1 aromatic rings. The summed E-state index contributed by atoms with van der Waals surface area (Å²) in [6, 6.07) is 9.87. The maximum absolute atomic E-state index is 3.72. The summed E-state index contributed by atoms with van der Waals surface area (Å²) in [7, 11) is 0. The van der Waals surface area contributed by atoms with Gasteiger partial charge < -0.3 is 0 Å². The van der Waals surface area contributed by atoms with Crippen molar-refractivity contribution in [1.82, 2.24) is 0 Å². The molecular weight excluding hydrogens is 309 g/mol. The van der Waals surface area contributed by atoms with Crippen LogP contribution in [0.2, 0.25) is 0 Å². The van der Waals surface area contributed by atoms with Gasteiger partial charge >= 0.3 is 30.0 Å². The van der Waals surface area contributed by atoms with Crippen molar-refractivity contribution in [2.24, 2.45) is 0 Å². The Kier molecular flexibility index (Phi) is 12.8. The predicted octanol–water partition coefficient (Wildman–Crippen LogP) is 3.29. The van der Waals surface area contributed by atoms with Crippen LogP contribution in [0.5, 0.6) is 0 Å². The quantitative estimate of drug-likeness (QED) is 0.509. The van der Waals surface area contributed by atoms with Gasteiger partial charge in [-0.1, -0.05) is 6.07 Å². The van der Waals surface area contributed by atoms with Gasteiger partial charge in [0.2, 0.25) is 0 Å². The van der Waals surface area contributed by atoms with Gasteiger partial charge in [-0.3, -0.25) is 0 Å². The molecule has 0 fully saturated rings. The first-order valence-corrected chi connectivity index (χ1v) is 9.48. The molecule has 10 heavy (non-hydrogen) atoms. The Balaban J connectivity index is 0. The van der Waals surface area contributed by atoms with E-state index in [4.69, 9.17) is 0 Å². The van der Waals surface area contributed by atoms with Crippen LogP contribution in [0.4, 0.5) is 0 Å². The molecule has 0 spiro atoms. The molecule has 0 nitrogen and oxygen atoms in total. The normalized spacial score (nSPS) is 6.70. The molecule has 0 amide bonds. The molecule has 0 atom stereocenters. The molecule has 1 aromatic carbocycles. The Morgan fingerprint density at radius 3 is 1.70 bits per heavy atom. The van der Waals surface area contributed by atoms with Crippen molar-refractivity contribution in [3.8, 4) is 0 Å². The Morgan fingerprint density at radius 1 is 1.10 bits per heavy atom. The van der Waals surface area contributed by atoms with Crippen molar-refractivity contribution in [2.75, 3.05) is 0 Å². The molecule has 0 aromatic heterocycles. The third-order valence-corrected chi connectivity index (χ3v) is 0.843. The second-order valence-corrected chi connectivity index (χ2v) is 1.49. The van der Waals surface area contributed by atoms with Crippen LogP contribution < -0.4 is 0 Å². The first-order chi connectivity index (χ1) is 4.39. The van der Waals surface area contributed by atoms with E-state index in [0.29, 0.717) is 0 Å². The minimum absolute atomic E-state index is 0. The average molecular weight is 317 g/mol. The van der Waals surface area contributed by atoms with E-state index in [9.17, 15) is 0 Å². The van der Waals surface area contributed by atoms with Crippen molar-refractivity contribution >= 4 is 30.6 Å². The van der Waals surface area contributed by atoms with Crippen LogP contribution in [-0.4, -0.2) is 0 Å². The van der Waals surface area contributed by atoms with Gasteiger partial charge in [0.1, 0.15) is 0 Å². The molecule has 0 aliphatic heterocycles. The average Bonchev–Trinajstić information content (AvgIpc) is 1.94. The molecular formula is C7H8Br2Zn. The molecule has 0 unspecified atom stereocenters. The van der Waals surface area contributed by atoms with Gasteiger partial charge in [-0.25, -0.2) is 0 Å². The predicted molar refractivity (Wildman–Crippen MR) is 50.2 cm³/mol. The van der Waals surface area contributed by atoms with E-state index in [2.05, 4.69) is 20.5 Å². The van der Waals surface area contributed by atoms with Gasteiger partial charge in [0.25, 0.3) is 0 Å². The number of benzene rings is 1. The summed E-state index contributed by atoms with van der Waals surface area (Å²) >= 11 is 4.25. The molecule has 0 radical (unpaired) electrons. The van der Waals surface area contributed by atoms with E-state index >= 15 is 0 Å². The molecule has 1 rings (SSSR count). The zero-order chi connectivity index (χ0) is 7.11. The zero-order valence-corrected chi connectivity index (χ0v) is 11.9. The molecule has 3 heteroatoms. The van der Waals surface area contributed by atoms with Crippen molar-refractivity contribution < 1.29 is 16.3 Å². The Bertz CT molecular complexity index is 142. The Hall–Kier alpha value is 0.673. The first-order valence-electron chi connectivity index (χ1n) is 2.53. The fourth-order valence-corrected chi connectivity index (χ4v) is 0.478. The fourth-order valence-electron chi connectivity index (χ4n) is 0.478. The molecule has 0 heterocycles. The van der Waals surface area contributed by atoms with E-state index in [0.717, 1.165) is 5.56 Å². The van der Waals surface area contributed by atoms with E-state index in [1.165, 1.54) is 16.3 Å². The van der Waals surface area contributed by atoms with Crippen LogP contribution >= 0.6 is 30.6 Å². The molecule has 0 bridgehead atoms. The van der Waals surface area contributed by atoms with E-state index in [1.54, 1.807) is 0 Å². The zero-order valence-electron chi connectivity index (χ0n) is 5.59. The van der Waals surface area contributed by atoms with Crippen LogP contribution in [-0.2, 0) is 16.3 Å². The van der Waals surface area contributed by atoms with Crippen molar-refractivity contribution in [3.63, 3.8) is 0 Å². The Morgan fingerprint density at radius 2 is 1.50 bits per heavy atom. The minimum atomic E-state index is 0. The van der Waals surface area contributed by atoms with Gasteiger partial charge in [-0.2, -0.15) is 24.6 Å². The van der Waals surface area contributed by atoms with E-state index < -0.39 is 0 Å². The van der Waals surface area contributed by atoms with Gasteiger partial charge in [-0.15, -0.1) is 29.1 Å². The van der Waals surface area contributed by atoms with Gasteiger partial charge in [0, 0.05) is 0 Å². The fraction of sp³-hybridized carbons (Fsp3) is 0. The molecule has 0 aliphatic carbocycles. The maximum atomic E-state index is 3.72. The number of hydrogen-bond donors (Lipinski definition) is 0. The molecule has 0 saturated heterocycles. The second-order valence-electron chi connectivity index (χ2n) is 1.49. The summed E-state index contributed by atoms with van der Waals surface area (Å²) in [4.78, 5) is 0. The summed E-state index contributed by atoms with van der Waals surface area (Å²) in [6.07, 6.45) is 0. The van der Waals surface area contributed by atoms with Crippen molar-refractivity contribution in [1.29, 1.82) is 0 Å². The van der Waals surface area contributed by atoms with Gasteiger partial charge in [0.05, 0.1) is 0 Å². The summed E-state index contributed by atoms with van der Waals surface area (Å²) in [5.74, 6) is 0. The van der Waals surface area contributed by atoms with Crippen LogP contribution in [0.25, 0.3) is 0 Å². The molecule has 52 valence electrons. The van der Waals surface area contributed by atoms with Gasteiger partial charge in [-0.05, 0) is 0 Å². The van der Waals surface area contributed by atoms with Crippen LogP contribution in [0.15, 0.2) is 30.3 Å². The number of rotatable bonds is 0. The third kappa shape index (κ3) is 6.79. The molecule has 0 saturated carbocycles. The SMILES string of the molecule is Br.[CH2-]c1ccccc1.[Zn+][Br]. The van der Waals surface area contributed by atoms with Crippen LogP contribution in [0, 0.1) is 6.92 Å². The van der Waals surface area contributed by atoms with Crippen molar-refractivity contribution in [3.05, 3.63) is 42.8 Å². The molecule has 0 N–H and O–H groups in total. The molecule has 0 aliphatic rings. The standard InChI is InChI=1S/C7H7.2BrH.Zn/c1-7-5-3-2-4-6-7;;;/h2-6H,1H2;2*1H;/q-1;;;+2/p-1. The van der Waals surface area contributed by atoms with Gasteiger partial charge in [0.15, 0.2) is 0 Å². The number of halogens is 2. The topological polar surface area (TPSA) is 0 Å². The third-order valence-electron chi connectivity index (χ3n) is 0.843. The number of hydrogen-bond acceptors (Lipinski definition) is 0. The van der Waals surface area contributed by atoms with Crippen LogP contribution in [0.1, 0.15) is 5.56 Å². The van der Waals surface area contributed by atoms with E-state index in [-0.39, 0.29) is 17.0 Å². The summed E-state index contributed by atoms with van der Waals surface area (Å²) < 4.78 is 0. The monoisotopic (exact) mass is 314 g/mol. The summed E-state index contributed by atoms with van der Waals surface area (Å²) in [6.45, 7) is 3.72. The Labute approximate surface area is 89.2 Å². The van der Waals surface area contributed by atoms with Crippen molar-refractivity contribution in [2.45, 2.75) is 0 Å².